The largest absolute Gasteiger partial charge is 0.356 e. The highest BCUT2D eigenvalue weighted by Gasteiger charge is 2.11. The normalized spacial score (nSPS) is 11.9. The van der Waals surface area contributed by atoms with Crippen molar-refractivity contribution in [1.29, 1.82) is 0 Å². The Kier molecular flexibility index (Phi) is 7.68. The van der Waals surface area contributed by atoms with E-state index < -0.39 is 0 Å². The van der Waals surface area contributed by atoms with Gasteiger partial charge < -0.3 is 10.6 Å². The molecule has 0 aliphatic carbocycles. The molecule has 0 aromatic rings. The van der Waals surface area contributed by atoms with E-state index in [1.54, 1.807) is 0 Å². The fourth-order valence-electron chi connectivity index (χ4n) is 1.16. The lowest BCUT2D eigenvalue weighted by molar-refractivity contribution is -0.125. The van der Waals surface area contributed by atoms with E-state index in [4.69, 9.17) is 0 Å². The summed E-state index contributed by atoms with van der Waals surface area (Å²) in [5.74, 6) is -0.00361. The molecule has 0 rings (SSSR count). The van der Waals surface area contributed by atoms with E-state index in [9.17, 15) is 9.59 Å². The Morgan fingerprint density at radius 3 is 2.40 bits per heavy atom. The Morgan fingerprint density at radius 1 is 1.20 bits per heavy atom. The molecule has 4 heteroatoms. The van der Waals surface area contributed by atoms with E-state index in [1.165, 1.54) is 6.92 Å². The molecule has 0 saturated heterocycles. The first-order valence-electron chi connectivity index (χ1n) is 5.60. The van der Waals surface area contributed by atoms with E-state index in [0.29, 0.717) is 13.0 Å². The van der Waals surface area contributed by atoms with Gasteiger partial charge in [0.15, 0.2) is 0 Å². The number of nitrogens with one attached hydrogen (secondary N) is 2. The zero-order chi connectivity index (χ0) is 11.7. The van der Waals surface area contributed by atoms with Gasteiger partial charge in [-0.05, 0) is 12.8 Å². The minimum Gasteiger partial charge on any atom is -0.356 e. The van der Waals surface area contributed by atoms with Crippen LogP contribution in [0.3, 0.4) is 0 Å². The van der Waals surface area contributed by atoms with Crippen LogP contribution in [0.4, 0.5) is 0 Å². The van der Waals surface area contributed by atoms with Gasteiger partial charge in [-0.2, -0.15) is 0 Å². The molecule has 0 aromatic carbocycles. The SMILES string of the molecule is CCCCNC(=O)C(C)CCNC(C)=O. The van der Waals surface area contributed by atoms with E-state index >= 15 is 0 Å². The van der Waals surface area contributed by atoms with Gasteiger partial charge >= 0.3 is 0 Å². The molecule has 0 saturated carbocycles. The van der Waals surface area contributed by atoms with Gasteiger partial charge in [0, 0.05) is 25.9 Å². The molecule has 0 heterocycles. The molecule has 0 aliphatic heterocycles. The molecule has 0 aliphatic rings. The first-order valence-corrected chi connectivity index (χ1v) is 5.60. The molecule has 1 atom stereocenters. The number of carbonyl (C=O) groups excluding carboxylic acids is 2. The molecule has 88 valence electrons. The third kappa shape index (κ3) is 7.97. The second-order valence-corrected chi connectivity index (χ2v) is 3.82. The van der Waals surface area contributed by atoms with Crippen LogP contribution in [0.15, 0.2) is 0 Å². The molecular formula is C11H22N2O2. The van der Waals surface area contributed by atoms with Crippen molar-refractivity contribution in [3.63, 3.8) is 0 Å². The van der Waals surface area contributed by atoms with Crippen molar-refractivity contribution < 1.29 is 9.59 Å². The molecule has 0 bridgehead atoms. The van der Waals surface area contributed by atoms with Gasteiger partial charge in [-0.1, -0.05) is 20.3 Å². The first kappa shape index (κ1) is 13.9. The molecule has 0 spiro atoms. The summed E-state index contributed by atoms with van der Waals surface area (Å²) >= 11 is 0. The first-order chi connectivity index (χ1) is 7.07. The van der Waals surface area contributed by atoms with Crippen molar-refractivity contribution in [2.24, 2.45) is 5.92 Å². The second-order valence-electron chi connectivity index (χ2n) is 3.82. The quantitative estimate of drug-likeness (QED) is 0.623. The summed E-state index contributed by atoms with van der Waals surface area (Å²) in [6.45, 7) is 6.76. The minimum absolute atomic E-state index is 0.0336. The van der Waals surface area contributed by atoms with Crippen molar-refractivity contribution in [2.45, 2.75) is 40.0 Å². The predicted molar refractivity (Wildman–Crippen MR) is 60.4 cm³/mol. The molecule has 2 amide bonds. The molecule has 0 radical (unpaired) electrons. The summed E-state index contributed by atoms with van der Waals surface area (Å²) in [6, 6.07) is 0. The van der Waals surface area contributed by atoms with Gasteiger partial charge in [-0.15, -0.1) is 0 Å². The Labute approximate surface area is 91.8 Å². The second kappa shape index (κ2) is 8.26. The van der Waals surface area contributed by atoms with Crippen molar-refractivity contribution >= 4 is 11.8 Å². The lowest BCUT2D eigenvalue weighted by atomic mass is 10.1. The van der Waals surface area contributed by atoms with Crippen molar-refractivity contribution in [3.8, 4) is 0 Å². The average molecular weight is 214 g/mol. The van der Waals surface area contributed by atoms with Crippen LogP contribution in [0.5, 0.6) is 0 Å². The van der Waals surface area contributed by atoms with Crippen LogP contribution in [-0.2, 0) is 9.59 Å². The summed E-state index contributed by atoms with van der Waals surface area (Å²) in [7, 11) is 0. The summed E-state index contributed by atoms with van der Waals surface area (Å²) in [5.41, 5.74) is 0. The molecule has 0 aromatic heterocycles. The monoisotopic (exact) mass is 214 g/mol. The van der Waals surface area contributed by atoms with Crippen LogP contribution in [0, 0.1) is 5.92 Å². The highest BCUT2D eigenvalue weighted by atomic mass is 16.2. The topological polar surface area (TPSA) is 58.2 Å². The lowest BCUT2D eigenvalue weighted by Crippen LogP contribution is -2.32. The standard InChI is InChI=1S/C11H22N2O2/c1-4-5-7-13-11(15)9(2)6-8-12-10(3)14/h9H,4-8H2,1-3H3,(H,12,14)(H,13,15). The molecule has 4 nitrogen and oxygen atoms in total. The molecule has 1 unspecified atom stereocenters. The summed E-state index contributed by atoms with van der Waals surface area (Å²) in [5, 5.41) is 5.55. The Morgan fingerprint density at radius 2 is 1.87 bits per heavy atom. The molecule has 15 heavy (non-hydrogen) atoms. The van der Waals surface area contributed by atoms with Crippen LogP contribution in [-0.4, -0.2) is 24.9 Å². The molecular weight excluding hydrogens is 192 g/mol. The number of hydrogen-bond acceptors (Lipinski definition) is 2. The fraction of sp³-hybridized carbons (Fsp3) is 0.818. The van der Waals surface area contributed by atoms with Crippen molar-refractivity contribution in [3.05, 3.63) is 0 Å². The number of carbonyl (C=O) groups is 2. The summed E-state index contributed by atoms with van der Waals surface area (Å²) < 4.78 is 0. The Bertz CT molecular complexity index is 205. The van der Waals surface area contributed by atoms with E-state index in [1.807, 2.05) is 6.92 Å². The van der Waals surface area contributed by atoms with Gasteiger partial charge in [0.2, 0.25) is 11.8 Å². The highest BCUT2D eigenvalue weighted by Crippen LogP contribution is 2.00. The summed E-state index contributed by atoms with van der Waals surface area (Å²) in [4.78, 5) is 22.1. The third-order valence-electron chi connectivity index (χ3n) is 2.23. The van der Waals surface area contributed by atoms with Crippen LogP contribution in [0.25, 0.3) is 0 Å². The third-order valence-corrected chi connectivity index (χ3v) is 2.23. The van der Waals surface area contributed by atoms with Crippen LogP contribution < -0.4 is 10.6 Å². The summed E-state index contributed by atoms with van der Waals surface area (Å²) in [6.07, 6.45) is 2.79. The van der Waals surface area contributed by atoms with Crippen molar-refractivity contribution in [1.82, 2.24) is 10.6 Å². The van der Waals surface area contributed by atoms with E-state index in [0.717, 1.165) is 19.4 Å². The van der Waals surface area contributed by atoms with Gasteiger partial charge in [0.05, 0.1) is 0 Å². The fourth-order valence-corrected chi connectivity index (χ4v) is 1.16. The highest BCUT2D eigenvalue weighted by molar-refractivity contribution is 5.78. The van der Waals surface area contributed by atoms with E-state index in [2.05, 4.69) is 17.6 Å². The van der Waals surface area contributed by atoms with Crippen LogP contribution in [0.2, 0.25) is 0 Å². The molecule has 2 N–H and O–H groups in total. The minimum atomic E-state index is -0.0476. The van der Waals surface area contributed by atoms with Gasteiger partial charge in [0.1, 0.15) is 0 Å². The van der Waals surface area contributed by atoms with Crippen LogP contribution >= 0.6 is 0 Å². The Hall–Kier alpha value is -1.06. The van der Waals surface area contributed by atoms with E-state index in [-0.39, 0.29) is 17.7 Å². The zero-order valence-corrected chi connectivity index (χ0v) is 9.93. The average Bonchev–Trinajstić information content (AvgIpc) is 2.17. The maximum atomic E-state index is 11.5. The lowest BCUT2D eigenvalue weighted by Gasteiger charge is -2.11. The zero-order valence-electron chi connectivity index (χ0n) is 9.93. The number of hydrogen-bond donors (Lipinski definition) is 2. The Balaban J connectivity index is 3.55. The maximum Gasteiger partial charge on any atom is 0.222 e. The van der Waals surface area contributed by atoms with Crippen LogP contribution in [0.1, 0.15) is 40.0 Å². The van der Waals surface area contributed by atoms with Gasteiger partial charge in [-0.3, -0.25) is 9.59 Å². The number of rotatable bonds is 7. The predicted octanol–water partition coefficient (Wildman–Crippen LogP) is 1.06. The van der Waals surface area contributed by atoms with Crippen molar-refractivity contribution in [2.75, 3.05) is 13.1 Å². The molecule has 0 fully saturated rings. The number of unbranched alkanes of at least 4 members (excludes halogenated alkanes) is 1. The van der Waals surface area contributed by atoms with Gasteiger partial charge in [0.25, 0.3) is 0 Å². The maximum absolute atomic E-state index is 11.5. The number of amides is 2. The smallest absolute Gasteiger partial charge is 0.222 e. The van der Waals surface area contributed by atoms with Gasteiger partial charge in [-0.25, -0.2) is 0 Å².